The van der Waals surface area contributed by atoms with E-state index in [1.54, 1.807) is 6.07 Å². The second kappa shape index (κ2) is 5.61. The zero-order chi connectivity index (χ0) is 15.0. The van der Waals surface area contributed by atoms with Crippen LogP contribution in [0, 0.1) is 0 Å². The molecule has 0 aliphatic carbocycles. The average Bonchev–Trinajstić information content (AvgIpc) is 3.01. The van der Waals surface area contributed by atoms with Gasteiger partial charge in [0.1, 0.15) is 9.71 Å². The molecule has 0 amide bonds. The molecule has 0 aliphatic heterocycles. The van der Waals surface area contributed by atoms with E-state index in [1.165, 1.54) is 11.3 Å². The molecule has 3 rings (SSSR count). The number of aromatic carboxylic acids is 1. The number of hydrogen-bond donors (Lipinski definition) is 1. The monoisotopic (exact) mass is 364 g/mol. The van der Waals surface area contributed by atoms with Gasteiger partial charge in [0.2, 0.25) is 0 Å². The molecule has 2 heterocycles. The van der Waals surface area contributed by atoms with E-state index in [-0.39, 0.29) is 0 Å². The van der Waals surface area contributed by atoms with E-state index in [4.69, 9.17) is 0 Å². The van der Waals surface area contributed by atoms with Crippen molar-refractivity contribution >= 4 is 43.5 Å². The molecule has 1 N–H and O–H groups in total. The number of nitrogens with zero attached hydrogens (tertiary/aromatic N) is 2. The standard InChI is InChI=1S/C15H13BrN2O2S/c1-2-5-11-9-8-13(15(19)20)21-14(9)18(17-11)12-7-4-3-6-10(12)16/h3-4,6-8H,2,5H2,1H3,(H,19,20). The number of aromatic nitrogens is 2. The van der Waals surface area contributed by atoms with Crippen molar-refractivity contribution in [3.8, 4) is 5.69 Å². The van der Waals surface area contributed by atoms with Gasteiger partial charge in [-0.3, -0.25) is 0 Å². The smallest absolute Gasteiger partial charge is 0.345 e. The van der Waals surface area contributed by atoms with Crippen LogP contribution in [0.4, 0.5) is 0 Å². The summed E-state index contributed by atoms with van der Waals surface area (Å²) in [6.07, 6.45) is 1.81. The van der Waals surface area contributed by atoms with Crippen molar-refractivity contribution in [1.82, 2.24) is 9.78 Å². The van der Waals surface area contributed by atoms with Crippen LogP contribution in [0.25, 0.3) is 15.9 Å². The van der Waals surface area contributed by atoms with Gasteiger partial charge in [-0.2, -0.15) is 5.10 Å². The fourth-order valence-electron chi connectivity index (χ4n) is 2.28. The first-order valence-corrected chi connectivity index (χ1v) is 8.22. The number of fused-ring (bicyclic) bond motifs is 1. The molecular formula is C15H13BrN2O2S. The average molecular weight is 365 g/mol. The van der Waals surface area contributed by atoms with Crippen LogP contribution in [0.2, 0.25) is 0 Å². The lowest BCUT2D eigenvalue weighted by molar-refractivity contribution is 0.0702. The summed E-state index contributed by atoms with van der Waals surface area (Å²) in [5.41, 5.74) is 1.87. The molecule has 0 aliphatic rings. The highest BCUT2D eigenvalue weighted by Gasteiger charge is 2.18. The van der Waals surface area contributed by atoms with Crippen molar-refractivity contribution in [2.45, 2.75) is 19.8 Å². The Balaban J connectivity index is 2.27. The molecule has 4 nitrogen and oxygen atoms in total. The van der Waals surface area contributed by atoms with Crippen molar-refractivity contribution < 1.29 is 9.90 Å². The van der Waals surface area contributed by atoms with E-state index in [0.717, 1.165) is 38.9 Å². The van der Waals surface area contributed by atoms with Crippen LogP contribution in [0.15, 0.2) is 34.8 Å². The highest BCUT2D eigenvalue weighted by Crippen LogP contribution is 2.33. The normalized spacial score (nSPS) is 11.1. The molecule has 0 atom stereocenters. The lowest BCUT2D eigenvalue weighted by atomic mass is 10.2. The third-order valence-electron chi connectivity index (χ3n) is 3.21. The maximum absolute atomic E-state index is 11.2. The molecule has 0 bridgehead atoms. The molecule has 3 aromatic rings. The van der Waals surface area contributed by atoms with E-state index >= 15 is 0 Å². The zero-order valence-electron chi connectivity index (χ0n) is 11.3. The van der Waals surface area contributed by atoms with Crippen molar-refractivity contribution in [2.75, 3.05) is 0 Å². The summed E-state index contributed by atoms with van der Waals surface area (Å²) in [7, 11) is 0. The molecule has 0 radical (unpaired) electrons. The van der Waals surface area contributed by atoms with Crippen LogP contribution in [0.3, 0.4) is 0 Å². The summed E-state index contributed by atoms with van der Waals surface area (Å²) in [5, 5.41) is 14.8. The zero-order valence-corrected chi connectivity index (χ0v) is 13.7. The first-order chi connectivity index (χ1) is 10.1. The van der Waals surface area contributed by atoms with Crippen molar-refractivity contribution in [1.29, 1.82) is 0 Å². The first-order valence-electron chi connectivity index (χ1n) is 6.61. The molecule has 6 heteroatoms. The summed E-state index contributed by atoms with van der Waals surface area (Å²) in [6.45, 7) is 2.09. The number of halogens is 1. The number of carboxylic acids is 1. The Morgan fingerprint density at radius 2 is 2.19 bits per heavy atom. The molecule has 0 fully saturated rings. The Hall–Kier alpha value is -1.66. The third-order valence-corrected chi connectivity index (χ3v) is 4.98. The predicted octanol–water partition coefficient (Wildman–Crippen LogP) is 4.50. The summed E-state index contributed by atoms with van der Waals surface area (Å²) < 4.78 is 2.77. The van der Waals surface area contributed by atoms with Gasteiger partial charge in [0, 0.05) is 9.86 Å². The Morgan fingerprint density at radius 1 is 1.43 bits per heavy atom. The highest BCUT2D eigenvalue weighted by atomic mass is 79.9. The van der Waals surface area contributed by atoms with Crippen LogP contribution >= 0.6 is 27.3 Å². The van der Waals surface area contributed by atoms with Gasteiger partial charge in [-0.25, -0.2) is 9.48 Å². The number of hydrogen-bond acceptors (Lipinski definition) is 3. The molecule has 21 heavy (non-hydrogen) atoms. The molecular weight excluding hydrogens is 352 g/mol. The van der Waals surface area contributed by atoms with Crippen molar-refractivity contribution in [2.24, 2.45) is 0 Å². The first kappa shape index (κ1) is 14.3. The number of aryl methyl sites for hydroxylation is 1. The van der Waals surface area contributed by atoms with Crippen LogP contribution in [-0.4, -0.2) is 20.9 Å². The molecule has 0 unspecified atom stereocenters. The lowest BCUT2D eigenvalue weighted by Gasteiger charge is -2.04. The Kier molecular flexibility index (Phi) is 3.82. The van der Waals surface area contributed by atoms with Gasteiger partial charge in [0.05, 0.1) is 11.4 Å². The number of carbonyl (C=O) groups is 1. The lowest BCUT2D eigenvalue weighted by Crippen LogP contribution is -1.98. The van der Waals surface area contributed by atoms with E-state index < -0.39 is 5.97 Å². The largest absolute Gasteiger partial charge is 0.477 e. The molecule has 0 spiro atoms. The van der Waals surface area contributed by atoms with Crippen LogP contribution in [-0.2, 0) is 6.42 Å². The molecule has 2 aromatic heterocycles. The minimum Gasteiger partial charge on any atom is -0.477 e. The molecule has 1 aromatic carbocycles. The van der Waals surface area contributed by atoms with Crippen LogP contribution in [0.1, 0.15) is 28.7 Å². The minimum atomic E-state index is -0.891. The second-order valence-electron chi connectivity index (χ2n) is 4.69. The predicted molar refractivity (Wildman–Crippen MR) is 87.6 cm³/mol. The van der Waals surface area contributed by atoms with Crippen LogP contribution in [0.5, 0.6) is 0 Å². The van der Waals surface area contributed by atoms with Gasteiger partial charge in [-0.1, -0.05) is 25.5 Å². The van der Waals surface area contributed by atoms with E-state index in [2.05, 4.69) is 28.0 Å². The summed E-state index contributed by atoms with van der Waals surface area (Å²) in [4.78, 5) is 12.4. The maximum Gasteiger partial charge on any atom is 0.345 e. The maximum atomic E-state index is 11.2. The number of benzene rings is 1. The fraction of sp³-hybridized carbons (Fsp3) is 0.200. The van der Waals surface area contributed by atoms with Gasteiger partial charge in [0.25, 0.3) is 0 Å². The fourth-order valence-corrected chi connectivity index (χ4v) is 3.72. The number of para-hydroxylation sites is 1. The van der Waals surface area contributed by atoms with Crippen molar-refractivity contribution in [3.05, 3.63) is 45.4 Å². The van der Waals surface area contributed by atoms with E-state index in [0.29, 0.717) is 4.88 Å². The van der Waals surface area contributed by atoms with Gasteiger partial charge < -0.3 is 5.11 Å². The van der Waals surface area contributed by atoms with Gasteiger partial charge in [-0.05, 0) is 40.5 Å². The van der Waals surface area contributed by atoms with Gasteiger partial charge in [0.15, 0.2) is 0 Å². The molecule has 108 valence electrons. The third kappa shape index (κ3) is 2.49. The molecule has 0 saturated heterocycles. The Morgan fingerprint density at radius 3 is 2.86 bits per heavy atom. The Bertz CT molecular complexity index is 822. The van der Waals surface area contributed by atoms with Crippen LogP contribution < -0.4 is 0 Å². The topological polar surface area (TPSA) is 55.1 Å². The quantitative estimate of drug-likeness (QED) is 0.741. The summed E-state index contributed by atoms with van der Waals surface area (Å²) in [6, 6.07) is 9.53. The Labute approximate surface area is 134 Å². The SMILES string of the molecule is CCCc1nn(-c2ccccc2Br)c2sc(C(=O)O)cc12. The second-order valence-corrected chi connectivity index (χ2v) is 6.58. The number of carboxylic acid groups (broad SMARTS) is 1. The van der Waals surface area contributed by atoms with E-state index in [9.17, 15) is 9.90 Å². The summed E-state index contributed by atoms with van der Waals surface area (Å²) >= 11 is 4.79. The number of rotatable bonds is 4. The highest BCUT2D eigenvalue weighted by molar-refractivity contribution is 9.10. The van der Waals surface area contributed by atoms with Gasteiger partial charge >= 0.3 is 5.97 Å². The number of thiophene rings is 1. The summed E-state index contributed by atoms with van der Waals surface area (Å²) in [5.74, 6) is -0.891. The molecule has 0 saturated carbocycles. The van der Waals surface area contributed by atoms with Gasteiger partial charge in [-0.15, -0.1) is 11.3 Å². The van der Waals surface area contributed by atoms with Crippen molar-refractivity contribution in [3.63, 3.8) is 0 Å². The minimum absolute atomic E-state index is 0.348. The van der Waals surface area contributed by atoms with E-state index in [1.807, 2.05) is 28.9 Å².